The van der Waals surface area contributed by atoms with Crippen LogP contribution in [0.2, 0.25) is 0 Å². The number of benzene rings is 1. The zero-order valence-corrected chi connectivity index (χ0v) is 10.1. The molecule has 0 amide bonds. The van der Waals surface area contributed by atoms with Crippen molar-refractivity contribution in [3.8, 4) is 0 Å². The first kappa shape index (κ1) is 12.5. The third kappa shape index (κ3) is 3.84. The van der Waals surface area contributed by atoms with Gasteiger partial charge < -0.3 is 5.73 Å². The van der Waals surface area contributed by atoms with Crippen molar-refractivity contribution in [2.24, 2.45) is 11.7 Å². The lowest BCUT2D eigenvalue weighted by atomic mass is 10.0. The normalized spacial score (nSPS) is 14.9. The lowest BCUT2D eigenvalue weighted by Crippen LogP contribution is -2.30. The second-order valence-corrected chi connectivity index (χ2v) is 4.85. The molecule has 0 aliphatic heterocycles. The number of nitrogens with two attached hydrogens (primary N) is 1. The molecule has 2 atom stereocenters. The summed E-state index contributed by atoms with van der Waals surface area (Å²) < 4.78 is 13.3. The van der Waals surface area contributed by atoms with Crippen LogP contribution < -0.4 is 5.73 Å². The molecule has 0 aliphatic carbocycles. The van der Waals surface area contributed by atoms with Crippen molar-refractivity contribution in [2.45, 2.75) is 31.2 Å². The maximum Gasteiger partial charge on any atom is 0.136 e. The fourth-order valence-corrected chi connectivity index (χ4v) is 2.30. The molecule has 15 heavy (non-hydrogen) atoms. The zero-order valence-electron chi connectivity index (χ0n) is 9.24. The summed E-state index contributed by atoms with van der Waals surface area (Å²) in [5, 5.41) is 0. The van der Waals surface area contributed by atoms with Gasteiger partial charge in [0.25, 0.3) is 0 Å². The summed E-state index contributed by atoms with van der Waals surface area (Å²) in [5.74, 6) is 1.11. The second-order valence-electron chi connectivity index (χ2n) is 3.79. The molecule has 0 aromatic heterocycles. The van der Waals surface area contributed by atoms with E-state index in [1.165, 1.54) is 17.8 Å². The Labute approximate surface area is 95.2 Å². The van der Waals surface area contributed by atoms with Gasteiger partial charge in [-0.3, -0.25) is 0 Å². The van der Waals surface area contributed by atoms with Crippen LogP contribution in [0.3, 0.4) is 0 Å². The van der Waals surface area contributed by atoms with E-state index in [2.05, 4.69) is 13.8 Å². The summed E-state index contributed by atoms with van der Waals surface area (Å²) in [6.45, 7) is 4.25. The molecule has 1 aromatic rings. The third-order valence-electron chi connectivity index (χ3n) is 2.64. The first-order chi connectivity index (χ1) is 7.15. The average molecular weight is 227 g/mol. The minimum absolute atomic E-state index is 0.139. The summed E-state index contributed by atoms with van der Waals surface area (Å²) in [7, 11) is 0. The Kier molecular flexibility index (Phi) is 5.12. The van der Waals surface area contributed by atoms with Crippen LogP contribution in [-0.2, 0) is 0 Å². The molecule has 0 saturated heterocycles. The fourth-order valence-electron chi connectivity index (χ4n) is 1.21. The first-order valence-corrected chi connectivity index (χ1v) is 6.26. The molecule has 0 heterocycles. The summed E-state index contributed by atoms with van der Waals surface area (Å²) >= 11 is 1.50. The minimum Gasteiger partial charge on any atom is -0.327 e. The van der Waals surface area contributed by atoms with E-state index in [-0.39, 0.29) is 11.9 Å². The molecule has 2 unspecified atom stereocenters. The van der Waals surface area contributed by atoms with Gasteiger partial charge in [0.2, 0.25) is 0 Å². The molecule has 2 N–H and O–H groups in total. The summed E-state index contributed by atoms with van der Waals surface area (Å²) in [6, 6.07) is 6.97. The number of thioether (sulfide) groups is 1. The van der Waals surface area contributed by atoms with Crippen molar-refractivity contribution in [3.05, 3.63) is 30.1 Å². The van der Waals surface area contributed by atoms with Gasteiger partial charge in [-0.25, -0.2) is 4.39 Å². The zero-order chi connectivity index (χ0) is 11.3. The molecule has 0 fully saturated rings. The van der Waals surface area contributed by atoms with E-state index in [9.17, 15) is 4.39 Å². The van der Waals surface area contributed by atoms with E-state index in [0.29, 0.717) is 10.8 Å². The SMILES string of the molecule is CCC(C)C(N)CSc1ccccc1F. The molecule has 1 nitrogen and oxygen atoms in total. The second kappa shape index (κ2) is 6.13. The van der Waals surface area contributed by atoms with Gasteiger partial charge in [-0.05, 0) is 18.1 Å². The first-order valence-electron chi connectivity index (χ1n) is 5.28. The van der Waals surface area contributed by atoms with Crippen LogP contribution in [0.25, 0.3) is 0 Å². The summed E-state index contributed by atoms with van der Waals surface area (Å²) in [4.78, 5) is 0.691. The van der Waals surface area contributed by atoms with Crippen molar-refractivity contribution < 1.29 is 4.39 Å². The van der Waals surface area contributed by atoms with E-state index < -0.39 is 0 Å². The Bertz CT molecular complexity index is 303. The highest BCUT2D eigenvalue weighted by molar-refractivity contribution is 7.99. The molecule has 0 radical (unpaired) electrons. The fraction of sp³-hybridized carbons (Fsp3) is 0.500. The average Bonchev–Trinajstić information content (AvgIpc) is 2.26. The van der Waals surface area contributed by atoms with Crippen LogP contribution in [0, 0.1) is 11.7 Å². The lowest BCUT2D eigenvalue weighted by molar-refractivity contribution is 0.475. The molecule has 0 saturated carbocycles. The minimum atomic E-state index is -0.154. The highest BCUT2D eigenvalue weighted by Crippen LogP contribution is 2.23. The van der Waals surface area contributed by atoms with Crippen molar-refractivity contribution >= 4 is 11.8 Å². The third-order valence-corrected chi connectivity index (χ3v) is 3.84. The number of rotatable bonds is 5. The van der Waals surface area contributed by atoms with Gasteiger partial charge in [-0.1, -0.05) is 32.4 Å². The van der Waals surface area contributed by atoms with E-state index in [1.54, 1.807) is 12.1 Å². The van der Waals surface area contributed by atoms with Crippen LogP contribution >= 0.6 is 11.8 Å². The van der Waals surface area contributed by atoms with Gasteiger partial charge in [-0.2, -0.15) is 0 Å². The Hall–Kier alpha value is -0.540. The quantitative estimate of drug-likeness (QED) is 0.781. The molecule has 0 bridgehead atoms. The molecule has 1 aromatic carbocycles. The number of halogens is 1. The largest absolute Gasteiger partial charge is 0.327 e. The molecule has 0 spiro atoms. The van der Waals surface area contributed by atoms with Crippen molar-refractivity contribution in [1.29, 1.82) is 0 Å². The predicted octanol–water partition coefficient (Wildman–Crippen LogP) is 3.29. The van der Waals surface area contributed by atoms with Crippen molar-refractivity contribution in [2.75, 3.05) is 5.75 Å². The Morgan fingerprint density at radius 1 is 1.40 bits per heavy atom. The molecule has 1 rings (SSSR count). The molecule has 0 aliphatic rings. The van der Waals surface area contributed by atoms with E-state index in [4.69, 9.17) is 5.73 Å². The van der Waals surface area contributed by atoms with Crippen molar-refractivity contribution in [1.82, 2.24) is 0 Å². The van der Waals surface area contributed by atoms with Crippen LogP contribution in [0.5, 0.6) is 0 Å². The van der Waals surface area contributed by atoms with Gasteiger partial charge in [-0.15, -0.1) is 11.8 Å². The van der Waals surface area contributed by atoms with Crippen LogP contribution in [0.1, 0.15) is 20.3 Å². The predicted molar refractivity (Wildman–Crippen MR) is 64.6 cm³/mol. The highest BCUT2D eigenvalue weighted by Gasteiger charge is 2.11. The monoisotopic (exact) mass is 227 g/mol. The Morgan fingerprint density at radius 3 is 2.67 bits per heavy atom. The lowest BCUT2D eigenvalue weighted by Gasteiger charge is -2.17. The standard InChI is InChI=1S/C12H18FNS/c1-3-9(2)11(14)8-15-12-7-5-4-6-10(12)13/h4-7,9,11H,3,8,14H2,1-2H3. The smallest absolute Gasteiger partial charge is 0.136 e. The van der Waals surface area contributed by atoms with Crippen LogP contribution in [0.4, 0.5) is 4.39 Å². The molecular formula is C12H18FNS. The van der Waals surface area contributed by atoms with Crippen LogP contribution in [-0.4, -0.2) is 11.8 Å². The van der Waals surface area contributed by atoms with Gasteiger partial charge in [0.15, 0.2) is 0 Å². The van der Waals surface area contributed by atoms with E-state index in [0.717, 1.165) is 12.2 Å². The Morgan fingerprint density at radius 2 is 2.07 bits per heavy atom. The number of hydrogen-bond acceptors (Lipinski definition) is 2. The topological polar surface area (TPSA) is 26.0 Å². The maximum atomic E-state index is 13.3. The molecule has 84 valence electrons. The van der Waals surface area contributed by atoms with Gasteiger partial charge >= 0.3 is 0 Å². The number of hydrogen-bond donors (Lipinski definition) is 1. The van der Waals surface area contributed by atoms with Crippen molar-refractivity contribution in [3.63, 3.8) is 0 Å². The van der Waals surface area contributed by atoms with Gasteiger partial charge in [0, 0.05) is 16.7 Å². The van der Waals surface area contributed by atoms with Gasteiger partial charge in [0.1, 0.15) is 5.82 Å². The molecular weight excluding hydrogens is 209 g/mol. The van der Waals surface area contributed by atoms with Gasteiger partial charge in [0.05, 0.1) is 0 Å². The van der Waals surface area contributed by atoms with E-state index >= 15 is 0 Å². The Balaban J connectivity index is 2.47. The maximum absolute atomic E-state index is 13.3. The van der Waals surface area contributed by atoms with E-state index in [1.807, 2.05) is 6.07 Å². The summed E-state index contributed by atoms with van der Waals surface area (Å²) in [5.41, 5.74) is 5.98. The molecule has 3 heteroatoms. The highest BCUT2D eigenvalue weighted by atomic mass is 32.2. The summed E-state index contributed by atoms with van der Waals surface area (Å²) in [6.07, 6.45) is 1.07. The van der Waals surface area contributed by atoms with Crippen LogP contribution in [0.15, 0.2) is 29.2 Å².